The normalized spacial score (nSPS) is 14.1. The van der Waals surface area contributed by atoms with E-state index in [0.29, 0.717) is 0 Å². The van der Waals surface area contributed by atoms with Gasteiger partial charge < -0.3 is 5.11 Å². The van der Waals surface area contributed by atoms with Crippen LogP contribution in [0.15, 0.2) is 23.1 Å². The van der Waals surface area contributed by atoms with Gasteiger partial charge in [0.1, 0.15) is 6.04 Å². The highest BCUT2D eigenvalue weighted by Crippen LogP contribution is 2.34. The summed E-state index contributed by atoms with van der Waals surface area (Å²) < 4.78 is 63.7. The summed E-state index contributed by atoms with van der Waals surface area (Å²) in [7, 11) is -4.35. The Morgan fingerprint density at radius 2 is 1.90 bits per heavy atom. The number of halogens is 3. The minimum Gasteiger partial charge on any atom is -0.480 e. The quantitative estimate of drug-likeness (QED) is 0.887. The Labute approximate surface area is 113 Å². The number of alkyl halides is 3. The highest BCUT2D eigenvalue weighted by Gasteiger charge is 2.35. The van der Waals surface area contributed by atoms with Crippen LogP contribution in [0.3, 0.4) is 0 Å². The van der Waals surface area contributed by atoms with Crippen LogP contribution < -0.4 is 4.72 Å². The molecule has 0 aromatic heterocycles. The topological polar surface area (TPSA) is 83.5 Å². The van der Waals surface area contributed by atoms with Gasteiger partial charge in [-0.3, -0.25) is 4.79 Å². The first-order chi connectivity index (χ1) is 8.97. The van der Waals surface area contributed by atoms with Crippen LogP contribution in [0.2, 0.25) is 0 Å². The van der Waals surface area contributed by atoms with Crippen LogP contribution in [0.25, 0.3) is 0 Å². The third-order valence-corrected chi connectivity index (χ3v) is 4.27. The molecule has 0 aliphatic rings. The van der Waals surface area contributed by atoms with Gasteiger partial charge in [-0.25, -0.2) is 8.42 Å². The Kier molecular flexibility index (Phi) is 4.45. The van der Waals surface area contributed by atoms with E-state index in [1.165, 1.54) is 0 Å². The summed E-state index contributed by atoms with van der Waals surface area (Å²) in [5.41, 5.74) is -1.56. The lowest BCUT2D eigenvalue weighted by Crippen LogP contribution is -2.38. The van der Waals surface area contributed by atoms with Crippen molar-refractivity contribution in [1.82, 2.24) is 4.72 Å². The summed E-state index contributed by atoms with van der Waals surface area (Å²) >= 11 is 0. The van der Waals surface area contributed by atoms with Gasteiger partial charge in [0.2, 0.25) is 10.0 Å². The SMILES string of the molecule is Cc1c(C(F)(F)F)cccc1S(=O)(=O)NC(C)C(=O)O. The zero-order chi connectivity index (χ0) is 15.7. The van der Waals surface area contributed by atoms with Crippen LogP contribution in [0.1, 0.15) is 18.1 Å². The van der Waals surface area contributed by atoms with E-state index in [1.807, 2.05) is 0 Å². The predicted molar refractivity (Wildman–Crippen MR) is 63.6 cm³/mol. The Morgan fingerprint density at radius 1 is 1.35 bits per heavy atom. The summed E-state index contributed by atoms with van der Waals surface area (Å²) in [6.07, 6.45) is -4.69. The van der Waals surface area contributed by atoms with Crippen molar-refractivity contribution in [3.05, 3.63) is 29.3 Å². The second kappa shape index (κ2) is 5.41. The van der Waals surface area contributed by atoms with Crippen LogP contribution in [0.4, 0.5) is 13.2 Å². The van der Waals surface area contributed by atoms with Crippen molar-refractivity contribution < 1.29 is 31.5 Å². The lowest BCUT2D eigenvalue weighted by molar-refractivity contribution is -0.139. The van der Waals surface area contributed by atoms with E-state index in [1.54, 1.807) is 4.72 Å². The molecule has 0 aliphatic carbocycles. The Bertz CT molecular complexity index is 625. The second-order valence-corrected chi connectivity index (χ2v) is 5.79. The van der Waals surface area contributed by atoms with Crippen LogP contribution in [-0.4, -0.2) is 25.5 Å². The third-order valence-electron chi connectivity index (χ3n) is 2.58. The molecule has 1 unspecified atom stereocenters. The van der Waals surface area contributed by atoms with Crippen molar-refractivity contribution in [3.8, 4) is 0 Å². The predicted octanol–water partition coefficient (Wildman–Crippen LogP) is 1.77. The Morgan fingerprint density at radius 3 is 2.35 bits per heavy atom. The molecule has 20 heavy (non-hydrogen) atoms. The molecule has 0 saturated carbocycles. The fourth-order valence-electron chi connectivity index (χ4n) is 1.56. The molecular weight excluding hydrogens is 299 g/mol. The minimum absolute atomic E-state index is 0.481. The van der Waals surface area contributed by atoms with E-state index in [4.69, 9.17) is 5.11 Å². The van der Waals surface area contributed by atoms with Crippen LogP contribution >= 0.6 is 0 Å². The van der Waals surface area contributed by atoms with Crippen molar-refractivity contribution in [2.45, 2.75) is 31.0 Å². The highest BCUT2D eigenvalue weighted by molar-refractivity contribution is 7.89. The number of carboxylic acids is 1. The average molecular weight is 311 g/mol. The molecule has 0 amide bonds. The first kappa shape index (κ1) is 16.4. The van der Waals surface area contributed by atoms with E-state index in [-0.39, 0.29) is 0 Å². The maximum Gasteiger partial charge on any atom is 0.416 e. The molecule has 2 N–H and O–H groups in total. The van der Waals surface area contributed by atoms with E-state index in [0.717, 1.165) is 32.0 Å². The minimum atomic E-state index is -4.69. The fourth-order valence-corrected chi connectivity index (χ4v) is 3.02. The molecule has 9 heteroatoms. The Hall–Kier alpha value is -1.61. The molecule has 5 nitrogen and oxygen atoms in total. The number of hydrogen-bond donors (Lipinski definition) is 2. The number of hydrogen-bond acceptors (Lipinski definition) is 3. The van der Waals surface area contributed by atoms with Crippen LogP contribution in [0.5, 0.6) is 0 Å². The van der Waals surface area contributed by atoms with Crippen molar-refractivity contribution >= 4 is 16.0 Å². The van der Waals surface area contributed by atoms with E-state index in [2.05, 4.69) is 0 Å². The van der Waals surface area contributed by atoms with Gasteiger partial charge >= 0.3 is 12.1 Å². The molecule has 1 rings (SSSR count). The van der Waals surface area contributed by atoms with Crippen LogP contribution in [0, 0.1) is 6.92 Å². The molecular formula is C11H12F3NO4S. The molecule has 0 radical (unpaired) electrons. The summed E-state index contributed by atoms with van der Waals surface area (Å²) in [5.74, 6) is -1.43. The fraction of sp³-hybridized carbons (Fsp3) is 0.364. The van der Waals surface area contributed by atoms with E-state index in [9.17, 15) is 26.4 Å². The molecule has 0 fully saturated rings. The summed E-state index contributed by atoms with van der Waals surface area (Å²) in [4.78, 5) is 10.0. The van der Waals surface area contributed by atoms with Gasteiger partial charge in [0.05, 0.1) is 10.5 Å². The van der Waals surface area contributed by atoms with Crippen molar-refractivity contribution in [2.75, 3.05) is 0 Å². The standard InChI is InChI=1S/C11H12F3NO4S/c1-6-8(11(12,13)14)4-3-5-9(6)20(18,19)15-7(2)10(16)17/h3-5,7,15H,1-2H3,(H,16,17). The van der Waals surface area contributed by atoms with Crippen LogP contribution in [-0.2, 0) is 21.0 Å². The van der Waals surface area contributed by atoms with Crippen molar-refractivity contribution in [3.63, 3.8) is 0 Å². The monoisotopic (exact) mass is 311 g/mol. The van der Waals surface area contributed by atoms with E-state index >= 15 is 0 Å². The molecule has 0 saturated heterocycles. The van der Waals surface area contributed by atoms with Gasteiger partial charge in [0.25, 0.3) is 0 Å². The average Bonchev–Trinajstić information content (AvgIpc) is 2.26. The molecule has 0 spiro atoms. The number of carbonyl (C=O) groups is 1. The zero-order valence-electron chi connectivity index (χ0n) is 10.5. The molecule has 0 aliphatic heterocycles. The second-order valence-electron chi connectivity index (χ2n) is 4.11. The van der Waals surface area contributed by atoms with Crippen molar-refractivity contribution in [1.29, 1.82) is 0 Å². The molecule has 1 aromatic rings. The van der Waals surface area contributed by atoms with Gasteiger partial charge in [-0.2, -0.15) is 17.9 Å². The number of benzene rings is 1. The zero-order valence-corrected chi connectivity index (χ0v) is 11.3. The summed E-state index contributed by atoms with van der Waals surface area (Å²) in [6, 6.07) is 1.25. The number of carboxylic acid groups (broad SMARTS) is 1. The summed E-state index contributed by atoms with van der Waals surface area (Å²) in [6.45, 7) is 2.09. The maximum absolute atomic E-state index is 12.7. The van der Waals surface area contributed by atoms with E-state index < -0.39 is 44.2 Å². The maximum atomic E-state index is 12.7. The number of nitrogens with one attached hydrogen (secondary N) is 1. The lowest BCUT2D eigenvalue weighted by Gasteiger charge is -2.15. The van der Waals surface area contributed by atoms with Gasteiger partial charge in [-0.05, 0) is 31.5 Å². The molecule has 112 valence electrons. The van der Waals surface area contributed by atoms with Gasteiger partial charge in [0.15, 0.2) is 0 Å². The number of sulfonamides is 1. The largest absolute Gasteiger partial charge is 0.480 e. The molecule has 0 heterocycles. The van der Waals surface area contributed by atoms with Gasteiger partial charge in [-0.15, -0.1) is 0 Å². The highest BCUT2D eigenvalue weighted by atomic mass is 32.2. The smallest absolute Gasteiger partial charge is 0.416 e. The molecule has 1 atom stereocenters. The summed E-state index contributed by atoms with van der Waals surface area (Å²) in [5, 5.41) is 8.64. The number of rotatable bonds is 4. The number of aliphatic carboxylic acids is 1. The third kappa shape index (κ3) is 3.48. The van der Waals surface area contributed by atoms with Gasteiger partial charge in [-0.1, -0.05) is 6.07 Å². The first-order valence-corrected chi connectivity index (χ1v) is 6.87. The van der Waals surface area contributed by atoms with Gasteiger partial charge in [0, 0.05) is 0 Å². The molecule has 1 aromatic carbocycles. The van der Waals surface area contributed by atoms with Crippen molar-refractivity contribution in [2.24, 2.45) is 0 Å². The molecule has 0 bridgehead atoms. The Balaban J connectivity index is 3.31. The lowest BCUT2D eigenvalue weighted by atomic mass is 10.1. The first-order valence-electron chi connectivity index (χ1n) is 5.38.